The molecule has 124 valence electrons. The van der Waals surface area contributed by atoms with Crippen molar-refractivity contribution >= 4 is 63.7 Å². The topological polar surface area (TPSA) is 130 Å². The van der Waals surface area contributed by atoms with E-state index in [1.807, 2.05) is 0 Å². The number of halogens is 2. The minimum atomic E-state index is -0.303. The van der Waals surface area contributed by atoms with Crippen molar-refractivity contribution in [1.82, 2.24) is 19.9 Å². The van der Waals surface area contributed by atoms with Crippen molar-refractivity contribution in [3.8, 4) is 5.75 Å². The maximum atomic E-state index is 12.1. The van der Waals surface area contributed by atoms with Crippen molar-refractivity contribution in [2.75, 3.05) is 16.8 Å². The molecule has 3 aromatic rings. The number of aromatic hydroxyl groups is 1. The van der Waals surface area contributed by atoms with Gasteiger partial charge in [-0.3, -0.25) is 4.79 Å². The number of carbonyl (C=O) groups is 1. The third-order valence-corrected chi connectivity index (χ3v) is 4.46. The average Bonchev–Trinajstić information content (AvgIpc) is 2.98. The highest BCUT2D eigenvalue weighted by Crippen LogP contribution is 2.34. The maximum Gasteiger partial charge on any atom is 0.234 e. The molecule has 1 aromatic carbocycles. The molecular formula is C13H10Cl2N6O2S. The summed E-state index contributed by atoms with van der Waals surface area (Å²) < 4.78 is 0. The van der Waals surface area contributed by atoms with Gasteiger partial charge in [0.05, 0.1) is 22.1 Å². The third kappa shape index (κ3) is 3.48. The number of amides is 1. The normalized spacial score (nSPS) is 10.9. The van der Waals surface area contributed by atoms with Gasteiger partial charge in [-0.15, -0.1) is 0 Å². The van der Waals surface area contributed by atoms with Gasteiger partial charge in [-0.25, -0.2) is 9.97 Å². The monoisotopic (exact) mass is 384 g/mol. The molecule has 5 N–H and O–H groups in total. The number of nitrogen functional groups attached to an aromatic ring is 1. The highest BCUT2D eigenvalue weighted by molar-refractivity contribution is 8.00. The molecule has 0 aliphatic carbocycles. The largest absolute Gasteiger partial charge is 0.505 e. The zero-order chi connectivity index (χ0) is 17.3. The number of anilines is 2. The lowest BCUT2D eigenvalue weighted by molar-refractivity contribution is -0.113. The number of imidazole rings is 1. The fourth-order valence-electron chi connectivity index (χ4n) is 1.90. The molecule has 0 saturated carbocycles. The molecule has 0 radical (unpaired) electrons. The minimum Gasteiger partial charge on any atom is -0.505 e. The van der Waals surface area contributed by atoms with Crippen LogP contribution in [-0.2, 0) is 4.79 Å². The second-order valence-corrected chi connectivity index (χ2v) is 6.39. The van der Waals surface area contributed by atoms with Crippen LogP contribution in [-0.4, -0.2) is 36.7 Å². The van der Waals surface area contributed by atoms with Gasteiger partial charge in [-0.05, 0) is 12.1 Å². The van der Waals surface area contributed by atoms with E-state index in [1.165, 1.54) is 30.2 Å². The Balaban J connectivity index is 1.70. The first-order chi connectivity index (χ1) is 11.4. The number of aromatic amines is 1. The highest BCUT2D eigenvalue weighted by atomic mass is 35.5. The summed E-state index contributed by atoms with van der Waals surface area (Å²) in [6.07, 6.45) is 1.48. The third-order valence-electron chi connectivity index (χ3n) is 2.91. The van der Waals surface area contributed by atoms with Crippen LogP contribution in [0.5, 0.6) is 5.75 Å². The molecule has 0 aliphatic rings. The number of phenols is 1. The molecule has 1 amide bonds. The van der Waals surface area contributed by atoms with E-state index in [0.29, 0.717) is 21.9 Å². The molecule has 24 heavy (non-hydrogen) atoms. The zero-order valence-corrected chi connectivity index (χ0v) is 14.2. The number of H-pyrrole nitrogens is 1. The minimum absolute atomic E-state index is 0.0493. The van der Waals surface area contributed by atoms with Gasteiger partial charge in [0.2, 0.25) is 11.9 Å². The number of rotatable bonds is 4. The molecule has 0 spiro atoms. The van der Waals surface area contributed by atoms with Crippen LogP contribution in [0.2, 0.25) is 10.0 Å². The molecule has 11 heteroatoms. The first-order valence-corrected chi connectivity index (χ1v) is 8.25. The average molecular weight is 385 g/mol. The first kappa shape index (κ1) is 16.6. The van der Waals surface area contributed by atoms with Crippen molar-refractivity contribution in [3.05, 3.63) is 28.5 Å². The van der Waals surface area contributed by atoms with Crippen molar-refractivity contribution < 1.29 is 9.90 Å². The van der Waals surface area contributed by atoms with Gasteiger partial charge in [-0.1, -0.05) is 35.0 Å². The number of benzene rings is 1. The van der Waals surface area contributed by atoms with E-state index in [-0.39, 0.29) is 33.4 Å². The number of hydrogen-bond acceptors (Lipinski definition) is 7. The van der Waals surface area contributed by atoms with Crippen LogP contribution >= 0.6 is 35.0 Å². The molecule has 3 rings (SSSR count). The van der Waals surface area contributed by atoms with Crippen molar-refractivity contribution in [1.29, 1.82) is 0 Å². The maximum absolute atomic E-state index is 12.1. The number of nitrogens with two attached hydrogens (primary N) is 1. The SMILES string of the molecule is Nc1nc(SCC(=O)Nc2cc(Cl)c(O)c(Cl)c2)c2[nH]cnc2n1. The van der Waals surface area contributed by atoms with Gasteiger partial charge in [-0.2, -0.15) is 4.98 Å². The Morgan fingerprint density at radius 3 is 2.75 bits per heavy atom. The van der Waals surface area contributed by atoms with Gasteiger partial charge in [0.1, 0.15) is 10.5 Å². The van der Waals surface area contributed by atoms with Crippen LogP contribution in [0.3, 0.4) is 0 Å². The molecular weight excluding hydrogens is 375 g/mol. The van der Waals surface area contributed by atoms with E-state index in [4.69, 9.17) is 28.9 Å². The van der Waals surface area contributed by atoms with Crippen LogP contribution in [0.1, 0.15) is 0 Å². The zero-order valence-electron chi connectivity index (χ0n) is 11.9. The molecule has 0 saturated heterocycles. The van der Waals surface area contributed by atoms with E-state index in [0.717, 1.165) is 0 Å². The summed E-state index contributed by atoms with van der Waals surface area (Å²) in [5.41, 5.74) is 7.04. The fourth-order valence-corrected chi connectivity index (χ4v) is 3.18. The van der Waals surface area contributed by atoms with Crippen LogP contribution in [0.4, 0.5) is 11.6 Å². The van der Waals surface area contributed by atoms with E-state index < -0.39 is 0 Å². The summed E-state index contributed by atoms with van der Waals surface area (Å²) in [4.78, 5) is 27.1. The van der Waals surface area contributed by atoms with E-state index in [9.17, 15) is 9.90 Å². The Bertz CT molecular complexity index is 909. The Labute approximate surface area is 149 Å². The number of hydrogen-bond donors (Lipinski definition) is 4. The predicted octanol–water partition coefficient (Wildman–Crippen LogP) is 2.68. The number of nitrogens with zero attached hydrogens (tertiary/aromatic N) is 3. The van der Waals surface area contributed by atoms with Gasteiger partial charge >= 0.3 is 0 Å². The second kappa shape index (κ2) is 6.71. The van der Waals surface area contributed by atoms with Crippen LogP contribution in [0.25, 0.3) is 11.2 Å². The summed E-state index contributed by atoms with van der Waals surface area (Å²) >= 11 is 12.8. The van der Waals surface area contributed by atoms with Gasteiger partial charge in [0.15, 0.2) is 11.4 Å². The molecule has 0 aliphatic heterocycles. The van der Waals surface area contributed by atoms with Crippen LogP contribution < -0.4 is 11.1 Å². The Morgan fingerprint density at radius 1 is 1.33 bits per heavy atom. The van der Waals surface area contributed by atoms with Gasteiger partial charge in [0, 0.05) is 5.69 Å². The van der Waals surface area contributed by atoms with Crippen molar-refractivity contribution in [2.24, 2.45) is 0 Å². The molecule has 0 bridgehead atoms. The number of thioether (sulfide) groups is 1. The van der Waals surface area contributed by atoms with Crippen molar-refractivity contribution in [3.63, 3.8) is 0 Å². The van der Waals surface area contributed by atoms with Crippen LogP contribution in [0, 0.1) is 0 Å². The standard InChI is InChI=1S/C13H10Cl2N6O2S/c14-6-1-5(2-7(15)10(6)23)19-8(22)3-24-12-9-11(18-4-17-9)20-13(16)21-12/h1-2,4,23H,3H2,(H,19,22)(H3,16,17,18,20,21). The van der Waals surface area contributed by atoms with Crippen molar-refractivity contribution in [2.45, 2.75) is 5.03 Å². The lowest BCUT2D eigenvalue weighted by Crippen LogP contribution is -2.14. The van der Waals surface area contributed by atoms with Gasteiger partial charge in [0.25, 0.3) is 0 Å². The Kier molecular flexibility index (Phi) is 4.65. The Morgan fingerprint density at radius 2 is 2.04 bits per heavy atom. The molecule has 0 fully saturated rings. The van der Waals surface area contributed by atoms with E-state index in [2.05, 4.69) is 25.3 Å². The highest BCUT2D eigenvalue weighted by Gasteiger charge is 2.13. The summed E-state index contributed by atoms with van der Waals surface area (Å²) in [7, 11) is 0. The number of fused-ring (bicyclic) bond motifs is 1. The number of carbonyl (C=O) groups excluding carboxylic acids is 1. The number of aromatic nitrogens is 4. The Hall–Kier alpha value is -2.23. The molecule has 0 unspecified atom stereocenters. The molecule has 2 aromatic heterocycles. The van der Waals surface area contributed by atoms with Gasteiger partial charge < -0.3 is 21.1 Å². The van der Waals surface area contributed by atoms with E-state index >= 15 is 0 Å². The molecule has 0 atom stereocenters. The number of nitrogens with one attached hydrogen (secondary N) is 2. The summed E-state index contributed by atoms with van der Waals surface area (Å²) in [6.45, 7) is 0. The predicted molar refractivity (Wildman–Crippen MR) is 93.6 cm³/mol. The quantitative estimate of drug-likeness (QED) is 0.309. The molecule has 2 heterocycles. The number of phenolic OH excluding ortho intramolecular Hbond substituents is 1. The summed E-state index contributed by atoms with van der Waals surface area (Å²) in [5, 5.41) is 12.8. The summed E-state index contributed by atoms with van der Waals surface area (Å²) in [6, 6.07) is 2.81. The van der Waals surface area contributed by atoms with Crippen LogP contribution in [0.15, 0.2) is 23.5 Å². The lowest BCUT2D eigenvalue weighted by Gasteiger charge is -2.08. The first-order valence-electron chi connectivity index (χ1n) is 6.51. The lowest BCUT2D eigenvalue weighted by atomic mass is 10.3. The van der Waals surface area contributed by atoms with E-state index in [1.54, 1.807) is 0 Å². The fraction of sp³-hybridized carbons (Fsp3) is 0.0769. The second-order valence-electron chi connectivity index (χ2n) is 4.61. The summed E-state index contributed by atoms with van der Waals surface area (Å²) in [5.74, 6) is -0.387. The smallest absolute Gasteiger partial charge is 0.234 e. The molecule has 8 nitrogen and oxygen atoms in total.